The first-order valence-corrected chi connectivity index (χ1v) is 16.4. The largest absolute Gasteiger partial charge is 0.542 e. The first-order chi connectivity index (χ1) is 23.6. The van der Waals surface area contributed by atoms with E-state index in [1.807, 2.05) is 28.7 Å². The zero-order chi connectivity index (χ0) is 38.5. The number of carboxylic acid groups (broad SMARTS) is 2. The number of anilines is 1. The number of carbonyl (C=O) groups is 4. The Morgan fingerprint density at radius 2 is 1.94 bits per heavy atom. The Kier molecular flexibility index (Phi) is 12.5. The van der Waals surface area contributed by atoms with Gasteiger partial charge in [0.25, 0.3) is 17.9 Å². The van der Waals surface area contributed by atoms with Crippen molar-refractivity contribution in [1.82, 2.24) is 20.0 Å². The molecule has 2 atom stereocenters. The third kappa shape index (κ3) is 10.2. The third-order valence-corrected chi connectivity index (χ3v) is 7.85. The molecule has 0 unspecified atom stereocenters. The predicted octanol–water partition coefficient (Wildman–Crippen LogP) is -1.76. The second kappa shape index (κ2) is 15.8. The summed E-state index contributed by atoms with van der Waals surface area (Å²) in [7, 11) is -3.12. The van der Waals surface area contributed by atoms with Crippen LogP contribution in [0.2, 0.25) is 0 Å². The number of carboxylic acids is 2. The van der Waals surface area contributed by atoms with Gasteiger partial charge in [0.1, 0.15) is 35.6 Å². The Morgan fingerprint density at radius 3 is 2.45 bits per heavy atom. The number of halogens is 3. The van der Waals surface area contributed by atoms with Crippen LogP contribution in [0.25, 0.3) is 10.9 Å². The molecule has 25 heteroatoms. The standard InChI is InChI=1S/C24H30N8O10S2.C2HF3O2/c1-24(2)19(21(34)32(24)42-44(37,38)39)28-20(33)18(15-12-43-23(26)27-15)29-41-17(22(35)36)11-40-14-5-6-16-13(9-14)10-30(3)31(16)8-4-7-25;3-2(4,5)1(6)7/h5-6,9-10,12,17,19H,4,7-8,11,25H2,1-3H3,(H4-,26,27,28,33,35,36,37,38,39);(H,6,7)/b29-18-;/t17-,19+;/m0./s1. The van der Waals surface area contributed by atoms with Crippen LogP contribution in [-0.4, -0.2) is 99.3 Å². The van der Waals surface area contributed by atoms with Crippen LogP contribution in [-0.2, 0) is 52.3 Å². The number of rotatable bonds is 14. The molecule has 4 rings (SSSR count). The second-order valence-electron chi connectivity index (χ2n) is 10.9. The highest BCUT2D eigenvalue weighted by atomic mass is 32.3. The SMILES string of the molecule is C[n+]1cc2cc(OC[C@H](O/N=C(\C(=O)N[C@@H]3C(=O)N(OS(=O)(=O)O)C3(C)C)c3csc(N)n3)C(=O)O)ccc2n1CCCN.O=C([O-])C(F)(F)F. The van der Waals surface area contributed by atoms with Gasteiger partial charge in [0.05, 0.1) is 17.5 Å². The maximum atomic E-state index is 13.2. The molecule has 1 saturated heterocycles. The number of nitrogen functional groups attached to an aromatic ring is 1. The fraction of sp³-hybridized carbons (Fsp3) is 0.423. The highest BCUT2D eigenvalue weighted by Gasteiger charge is 2.58. The molecule has 2 amide bonds. The molecule has 1 aliphatic heterocycles. The minimum absolute atomic E-state index is 0.0621. The minimum Gasteiger partial charge on any atom is -0.542 e. The number of amides is 2. The van der Waals surface area contributed by atoms with E-state index in [1.54, 1.807) is 12.1 Å². The molecule has 0 aliphatic carbocycles. The van der Waals surface area contributed by atoms with E-state index in [0.717, 1.165) is 28.7 Å². The van der Waals surface area contributed by atoms with Gasteiger partial charge in [0.2, 0.25) is 6.20 Å². The van der Waals surface area contributed by atoms with E-state index in [0.29, 0.717) is 23.9 Å². The van der Waals surface area contributed by atoms with Crippen molar-refractivity contribution < 1.29 is 74.1 Å². The van der Waals surface area contributed by atoms with E-state index in [4.69, 9.17) is 35.5 Å². The van der Waals surface area contributed by atoms with Gasteiger partial charge in [0.15, 0.2) is 17.9 Å². The molecule has 3 heterocycles. The van der Waals surface area contributed by atoms with Crippen LogP contribution >= 0.6 is 11.3 Å². The van der Waals surface area contributed by atoms with E-state index in [-0.39, 0.29) is 10.8 Å². The third-order valence-electron chi connectivity index (χ3n) is 6.84. The second-order valence-corrected chi connectivity index (χ2v) is 12.8. The molecule has 1 fully saturated rings. The normalized spacial score (nSPS) is 16.5. The van der Waals surface area contributed by atoms with Crippen LogP contribution in [0.15, 0.2) is 34.9 Å². The van der Waals surface area contributed by atoms with Crippen LogP contribution in [0.5, 0.6) is 5.75 Å². The van der Waals surface area contributed by atoms with Crippen molar-refractivity contribution in [2.75, 3.05) is 18.9 Å². The number of β-lactam (4-membered cyclic amide) rings is 1. The molecule has 0 saturated carbocycles. The molecule has 51 heavy (non-hydrogen) atoms. The number of carbonyl (C=O) groups excluding carboxylic acids is 3. The van der Waals surface area contributed by atoms with Crippen molar-refractivity contribution in [2.24, 2.45) is 17.9 Å². The molecule has 2 aromatic heterocycles. The average molecular weight is 769 g/mol. The number of hydrogen-bond donors (Lipinski definition) is 5. The summed E-state index contributed by atoms with van der Waals surface area (Å²) in [6.45, 7) is 3.49. The lowest BCUT2D eigenvalue weighted by Gasteiger charge is -2.50. The van der Waals surface area contributed by atoms with Crippen molar-refractivity contribution in [3.05, 3.63) is 35.5 Å². The zero-order valence-electron chi connectivity index (χ0n) is 26.7. The van der Waals surface area contributed by atoms with Crippen LogP contribution in [0.4, 0.5) is 18.3 Å². The lowest BCUT2D eigenvalue weighted by atomic mass is 9.84. The van der Waals surface area contributed by atoms with E-state index < -0.39 is 70.3 Å². The van der Waals surface area contributed by atoms with Crippen molar-refractivity contribution in [3.8, 4) is 5.75 Å². The number of aryl methyl sites for hydroxylation is 2. The summed E-state index contributed by atoms with van der Waals surface area (Å²) in [6.07, 6.45) is -4.19. The Morgan fingerprint density at radius 1 is 1.29 bits per heavy atom. The summed E-state index contributed by atoms with van der Waals surface area (Å²) in [5, 5.41) is 27.3. The average Bonchev–Trinajstić information content (AvgIpc) is 3.59. The summed E-state index contributed by atoms with van der Waals surface area (Å²) in [5.74, 6) is -6.10. The van der Waals surface area contributed by atoms with E-state index in [2.05, 4.69) is 19.7 Å². The van der Waals surface area contributed by atoms with E-state index in [1.165, 1.54) is 19.2 Å². The highest BCUT2D eigenvalue weighted by molar-refractivity contribution is 7.80. The topological polar surface area (TPSA) is 295 Å². The number of aliphatic carboxylic acids is 2. The highest BCUT2D eigenvalue weighted by Crippen LogP contribution is 2.33. The molecular weight excluding hydrogens is 737 g/mol. The lowest BCUT2D eigenvalue weighted by Crippen LogP contribution is -2.76. The van der Waals surface area contributed by atoms with E-state index in [9.17, 15) is 41.1 Å². The maximum absolute atomic E-state index is 13.2. The van der Waals surface area contributed by atoms with Gasteiger partial charge in [-0.1, -0.05) is 5.16 Å². The summed E-state index contributed by atoms with van der Waals surface area (Å²) in [6, 6.07) is 3.92. The minimum atomic E-state index is -5.19. The number of nitrogens with zero attached hydrogens (tertiary/aromatic N) is 5. The molecule has 0 bridgehead atoms. The summed E-state index contributed by atoms with van der Waals surface area (Å²) in [5.41, 5.74) is 10.2. The quantitative estimate of drug-likeness (QED) is 0.0399. The molecule has 0 radical (unpaired) electrons. The fourth-order valence-electron chi connectivity index (χ4n) is 4.38. The van der Waals surface area contributed by atoms with Gasteiger partial charge in [0, 0.05) is 5.38 Å². The fourth-order valence-corrected chi connectivity index (χ4v) is 5.38. The number of alkyl halides is 3. The molecule has 0 spiro atoms. The van der Waals surface area contributed by atoms with Gasteiger partial charge in [-0.05, 0) is 45.0 Å². The van der Waals surface area contributed by atoms with Gasteiger partial charge in [-0.25, -0.2) is 9.78 Å². The number of hydrogen-bond acceptors (Lipinski definition) is 15. The number of aromatic nitrogens is 3. The Balaban J connectivity index is 0.000000908. The smallest absolute Gasteiger partial charge is 0.430 e. The van der Waals surface area contributed by atoms with E-state index >= 15 is 0 Å². The maximum Gasteiger partial charge on any atom is 0.430 e. The van der Waals surface area contributed by atoms with Gasteiger partial charge in [-0.15, -0.1) is 20.3 Å². The summed E-state index contributed by atoms with van der Waals surface area (Å²) in [4.78, 5) is 55.6. The van der Waals surface area contributed by atoms with Crippen LogP contribution < -0.4 is 31.3 Å². The van der Waals surface area contributed by atoms with Gasteiger partial charge < -0.3 is 41.4 Å². The molecule has 1 aromatic carbocycles. The van der Waals surface area contributed by atoms with Crippen LogP contribution in [0.1, 0.15) is 26.0 Å². The van der Waals surface area contributed by atoms with Crippen molar-refractivity contribution in [1.29, 1.82) is 0 Å². The number of nitrogens with two attached hydrogens (primary N) is 2. The molecular formula is C26H31F3N8O12S2. The molecule has 1 aliphatic rings. The van der Waals surface area contributed by atoms with Gasteiger partial charge >= 0.3 is 22.5 Å². The number of fused-ring (bicyclic) bond motifs is 1. The van der Waals surface area contributed by atoms with Crippen molar-refractivity contribution in [2.45, 2.75) is 50.7 Å². The number of ether oxygens (including phenoxy) is 1. The van der Waals surface area contributed by atoms with Crippen LogP contribution in [0.3, 0.4) is 0 Å². The monoisotopic (exact) mass is 768 g/mol. The number of nitrogens with one attached hydrogen (secondary N) is 1. The molecule has 3 aromatic rings. The Bertz CT molecular complexity index is 1930. The van der Waals surface area contributed by atoms with Crippen LogP contribution in [0, 0.1) is 0 Å². The summed E-state index contributed by atoms with van der Waals surface area (Å²) >= 11 is 0.962. The lowest BCUT2D eigenvalue weighted by molar-refractivity contribution is -0.751. The number of thiazole rings is 1. The number of hydroxylamine groups is 2. The first-order valence-electron chi connectivity index (χ1n) is 14.2. The van der Waals surface area contributed by atoms with Gasteiger partial charge in [-0.3, -0.25) is 14.1 Å². The number of oxime groups is 1. The van der Waals surface area contributed by atoms with Gasteiger partial charge in [-0.2, -0.15) is 31.3 Å². The Labute approximate surface area is 289 Å². The zero-order valence-corrected chi connectivity index (χ0v) is 28.3. The van der Waals surface area contributed by atoms with Crippen molar-refractivity contribution >= 4 is 67.2 Å². The number of benzene rings is 1. The first kappa shape index (κ1) is 40.3. The predicted molar refractivity (Wildman–Crippen MR) is 164 cm³/mol. The van der Waals surface area contributed by atoms with Crippen molar-refractivity contribution in [3.63, 3.8) is 0 Å². The summed E-state index contributed by atoms with van der Waals surface area (Å²) < 4.78 is 76.5. The molecule has 7 N–H and O–H groups in total. The molecule has 280 valence electrons. The molecule has 20 nitrogen and oxygen atoms in total. The Hall–Kier alpha value is -5.11.